The Hall–Kier alpha value is -2.57. The molecule has 2 fully saturated rings. The molecule has 0 unspecified atom stereocenters. The Morgan fingerprint density at radius 3 is 2.45 bits per heavy atom. The number of amides is 1. The van der Waals surface area contributed by atoms with E-state index in [2.05, 4.69) is 47.5 Å². The van der Waals surface area contributed by atoms with Crippen molar-refractivity contribution in [2.24, 2.45) is 0 Å². The number of benzene rings is 2. The van der Waals surface area contributed by atoms with Gasteiger partial charge in [-0.3, -0.25) is 9.69 Å². The van der Waals surface area contributed by atoms with Crippen molar-refractivity contribution in [2.75, 3.05) is 27.3 Å². The van der Waals surface area contributed by atoms with Crippen LogP contribution in [-0.2, 0) is 22.7 Å². The lowest BCUT2D eigenvalue weighted by Crippen LogP contribution is -2.76. The van der Waals surface area contributed by atoms with E-state index in [0.29, 0.717) is 6.61 Å². The molecular weight excluding hydrogens is 392 g/mol. The molecular formula is C25H32N2O4. The number of carbonyl (C=O) groups is 1. The molecule has 1 N–H and O–H groups in total. The molecule has 6 heteroatoms. The standard InChI is InChI=1S/C25H32N2O4/c1-18-7-5-8-20(13-18)15-31-25(11-12-25)24(26-19(2)28)16-27(17-24)14-21-9-6-10-22(29-3)23(21)30-4/h5-10,13H,11-12,14-17H2,1-4H3,(H,26,28). The first-order chi connectivity index (χ1) is 14.9. The van der Waals surface area contributed by atoms with Crippen molar-refractivity contribution in [1.29, 1.82) is 0 Å². The number of methoxy groups -OCH3 is 2. The Morgan fingerprint density at radius 1 is 1.10 bits per heavy atom. The second-order valence-electron chi connectivity index (χ2n) is 8.83. The monoisotopic (exact) mass is 424 g/mol. The van der Waals surface area contributed by atoms with Crippen molar-refractivity contribution in [2.45, 2.75) is 51.0 Å². The minimum Gasteiger partial charge on any atom is -0.493 e. The van der Waals surface area contributed by atoms with Gasteiger partial charge in [0.25, 0.3) is 0 Å². The van der Waals surface area contributed by atoms with Crippen LogP contribution in [0.2, 0.25) is 0 Å². The summed E-state index contributed by atoms with van der Waals surface area (Å²) in [7, 11) is 3.31. The van der Waals surface area contributed by atoms with Gasteiger partial charge in [-0.2, -0.15) is 0 Å². The summed E-state index contributed by atoms with van der Waals surface area (Å²) in [5.74, 6) is 1.48. The Balaban J connectivity index is 1.46. The highest BCUT2D eigenvalue weighted by atomic mass is 16.5. The van der Waals surface area contributed by atoms with Gasteiger partial charge in [-0.25, -0.2) is 0 Å². The molecule has 1 heterocycles. The van der Waals surface area contributed by atoms with Gasteiger partial charge >= 0.3 is 0 Å². The molecule has 0 spiro atoms. The van der Waals surface area contributed by atoms with Gasteiger partial charge in [0.15, 0.2) is 11.5 Å². The average Bonchev–Trinajstić information content (AvgIpc) is 3.51. The summed E-state index contributed by atoms with van der Waals surface area (Å²) in [6, 6.07) is 14.3. The Kier molecular flexibility index (Phi) is 5.95. The number of ether oxygens (including phenoxy) is 3. The van der Waals surface area contributed by atoms with Crippen molar-refractivity contribution in [3.05, 3.63) is 59.2 Å². The second-order valence-corrected chi connectivity index (χ2v) is 8.83. The van der Waals surface area contributed by atoms with Crippen molar-refractivity contribution < 1.29 is 19.0 Å². The third-order valence-corrected chi connectivity index (χ3v) is 6.45. The maximum atomic E-state index is 12.1. The number of hydrogen-bond donors (Lipinski definition) is 1. The summed E-state index contributed by atoms with van der Waals surface area (Å²) in [5, 5.41) is 3.25. The van der Waals surface area contributed by atoms with Crippen LogP contribution >= 0.6 is 0 Å². The van der Waals surface area contributed by atoms with Crippen LogP contribution < -0.4 is 14.8 Å². The first-order valence-electron chi connectivity index (χ1n) is 10.8. The number of nitrogens with zero attached hydrogens (tertiary/aromatic N) is 1. The SMILES string of the molecule is COc1cccc(CN2CC(NC(C)=O)(C3(OCc4cccc(C)c4)CC3)C2)c1OC. The van der Waals surface area contributed by atoms with Crippen LogP contribution in [0.5, 0.6) is 11.5 Å². The lowest BCUT2D eigenvalue weighted by atomic mass is 9.80. The molecule has 2 aliphatic rings. The summed E-state index contributed by atoms with van der Waals surface area (Å²) >= 11 is 0. The zero-order chi connectivity index (χ0) is 22.1. The van der Waals surface area contributed by atoms with Crippen LogP contribution in [-0.4, -0.2) is 49.3 Å². The van der Waals surface area contributed by atoms with Gasteiger partial charge in [-0.05, 0) is 31.4 Å². The molecule has 1 aliphatic carbocycles. The molecule has 1 saturated carbocycles. The van der Waals surface area contributed by atoms with Crippen LogP contribution in [0.25, 0.3) is 0 Å². The number of nitrogens with one attached hydrogen (secondary N) is 1. The van der Waals surface area contributed by atoms with Gasteiger partial charge in [0.1, 0.15) is 0 Å². The van der Waals surface area contributed by atoms with E-state index >= 15 is 0 Å². The van der Waals surface area contributed by atoms with E-state index in [-0.39, 0.29) is 17.0 Å². The highest BCUT2D eigenvalue weighted by Crippen LogP contribution is 2.53. The molecule has 1 aliphatic heterocycles. The summed E-state index contributed by atoms with van der Waals surface area (Å²) in [6.45, 7) is 6.47. The molecule has 166 valence electrons. The lowest BCUT2D eigenvalue weighted by Gasteiger charge is -2.54. The predicted octanol–water partition coefficient (Wildman–Crippen LogP) is 3.45. The van der Waals surface area contributed by atoms with Crippen LogP contribution in [0, 0.1) is 6.92 Å². The largest absolute Gasteiger partial charge is 0.493 e. The fraction of sp³-hybridized carbons (Fsp3) is 0.480. The highest BCUT2D eigenvalue weighted by molar-refractivity contribution is 5.74. The molecule has 2 aromatic rings. The van der Waals surface area contributed by atoms with Gasteiger partial charge in [0, 0.05) is 32.1 Å². The zero-order valence-corrected chi connectivity index (χ0v) is 18.9. The van der Waals surface area contributed by atoms with Crippen molar-refractivity contribution >= 4 is 5.91 Å². The van der Waals surface area contributed by atoms with Gasteiger partial charge < -0.3 is 19.5 Å². The minimum atomic E-state index is -0.352. The van der Waals surface area contributed by atoms with E-state index in [1.54, 1.807) is 21.1 Å². The van der Waals surface area contributed by atoms with E-state index in [1.807, 2.05) is 12.1 Å². The third-order valence-electron chi connectivity index (χ3n) is 6.45. The highest BCUT2D eigenvalue weighted by Gasteiger charge is 2.66. The fourth-order valence-electron chi connectivity index (χ4n) is 4.86. The molecule has 2 aromatic carbocycles. The molecule has 0 atom stereocenters. The summed E-state index contributed by atoms with van der Waals surface area (Å²) in [4.78, 5) is 14.4. The van der Waals surface area contributed by atoms with E-state index in [9.17, 15) is 4.79 Å². The normalized spacial score (nSPS) is 18.7. The number of aryl methyl sites for hydroxylation is 1. The van der Waals surface area contributed by atoms with E-state index < -0.39 is 0 Å². The second kappa shape index (κ2) is 8.52. The molecule has 6 nitrogen and oxygen atoms in total. The molecule has 0 radical (unpaired) electrons. The molecule has 1 saturated heterocycles. The van der Waals surface area contributed by atoms with E-state index in [4.69, 9.17) is 14.2 Å². The summed E-state index contributed by atoms with van der Waals surface area (Å²) in [5.41, 5.74) is 2.82. The average molecular weight is 425 g/mol. The predicted molar refractivity (Wildman–Crippen MR) is 119 cm³/mol. The molecule has 0 aromatic heterocycles. The molecule has 31 heavy (non-hydrogen) atoms. The van der Waals surface area contributed by atoms with Crippen LogP contribution in [0.15, 0.2) is 42.5 Å². The van der Waals surface area contributed by atoms with Gasteiger partial charge in [-0.15, -0.1) is 0 Å². The third kappa shape index (κ3) is 4.27. The number of para-hydroxylation sites is 1. The molecule has 4 rings (SSSR count). The smallest absolute Gasteiger partial charge is 0.217 e. The van der Waals surface area contributed by atoms with Gasteiger partial charge in [0.05, 0.1) is 32.0 Å². The first kappa shape index (κ1) is 21.7. The number of carbonyl (C=O) groups excluding carboxylic acids is 1. The Morgan fingerprint density at radius 2 is 1.84 bits per heavy atom. The number of hydrogen-bond acceptors (Lipinski definition) is 5. The lowest BCUT2D eigenvalue weighted by molar-refractivity contribution is -0.139. The zero-order valence-electron chi connectivity index (χ0n) is 18.9. The fourth-order valence-corrected chi connectivity index (χ4v) is 4.86. The Bertz CT molecular complexity index is 948. The molecule has 1 amide bonds. The first-order valence-corrected chi connectivity index (χ1v) is 10.8. The maximum Gasteiger partial charge on any atom is 0.217 e. The van der Waals surface area contributed by atoms with Crippen molar-refractivity contribution in [3.63, 3.8) is 0 Å². The maximum absolute atomic E-state index is 12.1. The van der Waals surface area contributed by atoms with E-state index in [0.717, 1.165) is 49.5 Å². The topological polar surface area (TPSA) is 60.0 Å². The van der Waals surface area contributed by atoms with Crippen LogP contribution in [0.3, 0.4) is 0 Å². The van der Waals surface area contributed by atoms with E-state index in [1.165, 1.54) is 11.1 Å². The quantitative estimate of drug-likeness (QED) is 0.668. The van der Waals surface area contributed by atoms with Gasteiger partial charge in [-0.1, -0.05) is 42.0 Å². The minimum absolute atomic E-state index is 0.0101. The van der Waals surface area contributed by atoms with Crippen molar-refractivity contribution in [1.82, 2.24) is 10.2 Å². The van der Waals surface area contributed by atoms with Crippen LogP contribution in [0.1, 0.15) is 36.5 Å². The van der Waals surface area contributed by atoms with Crippen molar-refractivity contribution in [3.8, 4) is 11.5 Å². The summed E-state index contributed by atoms with van der Waals surface area (Å²) in [6.07, 6.45) is 1.94. The number of likely N-dealkylation sites (tertiary alicyclic amines) is 1. The Labute approximate surface area is 184 Å². The molecule has 0 bridgehead atoms. The number of rotatable bonds is 9. The summed E-state index contributed by atoms with van der Waals surface area (Å²) < 4.78 is 17.5. The van der Waals surface area contributed by atoms with Crippen LogP contribution in [0.4, 0.5) is 0 Å². The van der Waals surface area contributed by atoms with Gasteiger partial charge in [0.2, 0.25) is 5.91 Å².